The Morgan fingerprint density at radius 2 is 1.83 bits per heavy atom. The monoisotopic (exact) mass is 359 g/mol. The summed E-state index contributed by atoms with van der Waals surface area (Å²) >= 11 is 5.76. The maximum absolute atomic E-state index is 12.4. The second-order valence-electron chi connectivity index (χ2n) is 5.89. The van der Waals surface area contributed by atoms with Crippen LogP contribution < -0.4 is 11.1 Å². The summed E-state index contributed by atoms with van der Waals surface area (Å²) in [4.78, 5) is 12.2. The van der Waals surface area contributed by atoms with Crippen LogP contribution >= 0.6 is 11.6 Å². The quantitative estimate of drug-likeness (QED) is 0.829. The zero-order valence-electron chi connectivity index (χ0n) is 13.0. The van der Waals surface area contributed by atoms with Crippen LogP contribution in [0.4, 0.5) is 0 Å². The van der Waals surface area contributed by atoms with Crippen molar-refractivity contribution in [1.82, 2.24) is 9.62 Å². The van der Waals surface area contributed by atoms with E-state index in [1.807, 2.05) is 0 Å². The van der Waals surface area contributed by atoms with Gasteiger partial charge in [-0.25, -0.2) is 8.42 Å². The van der Waals surface area contributed by atoms with E-state index in [0.717, 1.165) is 30.0 Å². The number of sulfonamides is 1. The molecule has 0 radical (unpaired) electrons. The number of nitrogens with two attached hydrogens (primary N) is 1. The van der Waals surface area contributed by atoms with Crippen molar-refractivity contribution in [1.29, 1.82) is 0 Å². The molecule has 1 saturated carbocycles. The first-order valence-corrected chi connectivity index (χ1v) is 9.37. The number of nitrogens with one attached hydrogen (secondary N) is 1. The van der Waals surface area contributed by atoms with Gasteiger partial charge in [0.2, 0.25) is 15.9 Å². The topological polar surface area (TPSA) is 92.5 Å². The minimum Gasteiger partial charge on any atom is -0.352 e. The third-order valence-corrected chi connectivity index (χ3v) is 6.09. The minimum atomic E-state index is -3.71. The van der Waals surface area contributed by atoms with Crippen LogP contribution in [0.3, 0.4) is 0 Å². The zero-order chi connectivity index (χ0) is 17.0. The molecule has 0 atom stereocenters. The lowest BCUT2D eigenvalue weighted by atomic mass is 9.92. The van der Waals surface area contributed by atoms with Gasteiger partial charge in [-0.2, -0.15) is 4.31 Å². The van der Waals surface area contributed by atoms with Crippen molar-refractivity contribution < 1.29 is 13.2 Å². The Labute approximate surface area is 142 Å². The van der Waals surface area contributed by atoms with Crippen molar-refractivity contribution in [2.75, 3.05) is 13.6 Å². The van der Waals surface area contributed by atoms with Gasteiger partial charge in [0, 0.05) is 24.2 Å². The molecule has 0 heterocycles. The maximum atomic E-state index is 12.4. The number of likely N-dealkylation sites (N-methyl/N-ethyl adjacent to an activating group) is 1. The molecule has 0 bridgehead atoms. The Balaban J connectivity index is 1.93. The summed E-state index contributed by atoms with van der Waals surface area (Å²) in [6.07, 6.45) is 3.43. The summed E-state index contributed by atoms with van der Waals surface area (Å²) < 4.78 is 25.8. The van der Waals surface area contributed by atoms with E-state index in [2.05, 4.69) is 5.32 Å². The molecule has 2 rings (SSSR count). The molecule has 6 nitrogen and oxygen atoms in total. The predicted molar refractivity (Wildman–Crippen MR) is 89.6 cm³/mol. The van der Waals surface area contributed by atoms with Crippen LogP contribution in [0.2, 0.25) is 5.02 Å². The summed E-state index contributed by atoms with van der Waals surface area (Å²) in [6.45, 7) is -0.215. The molecule has 0 spiro atoms. The Kier molecular flexibility index (Phi) is 6.02. The molecule has 8 heteroatoms. The fourth-order valence-electron chi connectivity index (χ4n) is 2.61. The van der Waals surface area contributed by atoms with Gasteiger partial charge in [-0.1, -0.05) is 11.6 Å². The molecule has 1 aliphatic rings. The SMILES string of the molecule is CN(CC(=O)NC1CCC(N)CC1)S(=O)(=O)c1ccc(Cl)cc1. The Morgan fingerprint density at radius 1 is 1.26 bits per heavy atom. The third-order valence-electron chi connectivity index (χ3n) is 4.03. The normalized spacial score (nSPS) is 22.1. The highest BCUT2D eigenvalue weighted by Crippen LogP contribution is 2.18. The van der Waals surface area contributed by atoms with Crippen LogP contribution in [-0.2, 0) is 14.8 Å². The number of benzene rings is 1. The first-order valence-electron chi connectivity index (χ1n) is 7.56. The van der Waals surface area contributed by atoms with Crippen molar-refractivity contribution in [2.24, 2.45) is 5.73 Å². The molecule has 0 aliphatic heterocycles. The van der Waals surface area contributed by atoms with Crippen LogP contribution in [0.1, 0.15) is 25.7 Å². The number of hydrogen-bond donors (Lipinski definition) is 2. The number of rotatable bonds is 5. The van der Waals surface area contributed by atoms with E-state index >= 15 is 0 Å². The largest absolute Gasteiger partial charge is 0.352 e. The van der Waals surface area contributed by atoms with Crippen LogP contribution in [-0.4, -0.2) is 44.3 Å². The van der Waals surface area contributed by atoms with Crippen LogP contribution in [0.5, 0.6) is 0 Å². The highest BCUT2D eigenvalue weighted by atomic mass is 35.5. The lowest BCUT2D eigenvalue weighted by Crippen LogP contribution is -2.45. The van der Waals surface area contributed by atoms with Crippen LogP contribution in [0.15, 0.2) is 29.2 Å². The number of carbonyl (C=O) groups excluding carboxylic acids is 1. The van der Waals surface area contributed by atoms with Crippen molar-refractivity contribution in [3.8, 4) is 0 Å². The first kappa shape index (κ1) is 18.2. The molecule has 1 fully saturated rings. The number of hydrogen-bond acceptors (Lipinski definition) is 4. The van der Waals surface area contributed by atoms with E-state index < -0.39 is 10.0 Å². The molecular formula is C15H22ClN3O3S. The Bertz CT molecular complexity index is 640. The van der Waals surface area contributed by atoms with E-state index in [0.29, 0.717) is 5.02 Å². The van der Waals surface area contributed by atoms with Gasteiger partial charge in [0.1, 0.15) is 0 Å². The first-order chi connectivity index (χ1) is 10.8. The predicted octanol–water partition coefficient (Wildman–Crippen LogP) is 1.35. The van der Waals surface area contributed by atoms with Crippen molar-refractivity contribution in [3.63, 3.8) is 0 Å². The van der Waals surface area contributed by atoms with E-state index in [1.54, 1.807) is 0 Å². The Hall–Kier alpha value is -1.15. The molecule has 0 aromatic heterocycles. The maximum Gasteiger partial charge on any atom is 0.243 e. The zero-order valence-corrected chi connectivity index (χ0v) is 14.6. The molecular weight excluding hydrogens is 338 g/mol. The van der Waals surface area contributed by atoms with Crippen LogP contribution in [0.25, 0.3) is 0 Å². The average molecular weight is 360 g/mol. The Morgan fingerprint density at radius 3 is 2.39 bits per heavy atom. The van der Waals surface area contributed by atoms with Gasteiger partial charge in [-0.05, 0) is 49.9 Å². The summed E-state index contributed by atoms with van der Waals surface area (Å²) in [5.41, 5.74) is 5.83. The smallest absolute Gasteiger partial charge is 0.243 e. The summed E-state index contributed by atoms with van der Waals surface area (Å²) in [7, 11) is -2.32. The summed E-state index contributed by atoms with van der Waals surface area (Å²) in [5.74, 6) is -0.300. The second kappa shape index (κ2) is 7.61. The molecule has 1 aromatic carbocycles. The lowest BCUT2D eigenvalue weighted by Gasteiger charge is -2.27. The number of halogens is 1. The molecule has 128 valence electrons. The second-order valence-corrected chi connectivity index (χ2v) is 8.38. The van der Waals surface area contributed by atoms with Gasteiger partial charge in [0.15, 0.2) is 0 Å². The molecule has 1 amide bonds. The van der Waals surface area contributed by atoms with Gasteiger partial charge in [-0.15, -0.1) is 0 Å². The summed E-state index contributed by atoms with van der Waals surface area (Å²) in [6, 6.07) is 6.15. The summed E-state index contributed by atoms with van der Waals surface area (Å²) in [5, 5.41) is 3.34. The van der Waals surface area contributed by atoms with Crippen molar-refractivity contribution in [3.05, 3.63) is 29.3 Å². The van der Waals surface area contributed by atoms with E-state index in [9.17, 15) is 13.2 Å². The number of carbonyl (C=O) groups is 1. The van der Waals surface area contributed by atoms with Gasteiger partial charge < -0.3 is 11.1 Å². The molecule has 1 aromatic rings. The third kappa shape index (κ3) is 4.91. The molecule has 1 aliphatic carbocycles. The van der Waals surface area contributed by atoms with Gasteiger partial charge in [0.05, 0.1) is 11.4 Å². The molecule has 23 heavy (non-hydrogen) atoms. The molecule has 3 N–H and O–H groups in total. The lowest BCUT2D eigenvalue weighted by molar-refractivity contribution is -0.122. The van der Waals surface area contributed by atoms with E-state index in [-0.39, 0.29) is 29.4 Å². The standard InChI is InChI=1S/C15H22ClN3O3S/c1-19(23(21,22)14-8-2-11(16)3-9-14)10-15(20)18-13-6-4-12(17)5-7-13/h2-3,8-9,12-13H,4-7,10,17H2,1H3,(H,18,20). The van der Waals surface area contributed by atoms with E-state index in [4.69, 9.17) is 17.3 Å². The minimum absolute atomic E-state index is 0.0777. The fraction of sp³-hybridized carbons (Fsp3) is 0.533. The molecule has 0 unspecified atom stereocenters. The average Bonchev–Trinajstić information content (AvgIpc) is 2.50. The fourth-order valence-corrected chi connectivity index (χ4v) is 3.86. The van der Waals surface area contributed by atoms with Gasteiger partial charge >= 0.3 is 0 Å². The number of nitrogens with zero attached hydrogens (tertiary/aromatic N) is 1. The van der Waals surface area contributed by atoms with Gasteiger partial charge in [-0.3, -0.25) is 4.79 Å². The van der Waals surface area contributed by atoms with Gasteiger partial charge in [0.25, 0.3) is 0 Å². The van der Waals surface area contributed by atoms with E-state index in [1.165, 1.54) is 31.3 Å². The number of amides is 1. The van der Waals surface area contributed by atoms with Crippen molar-refractivity contribution in [2.45, 2.75) is 42.7 Å². The van der Waals surface area contributed by atoms with Crippen LogP contribution in [0, 0.1) is 0 Å². The highest BCUT2D eigenvalue weighted by Gasteiger charge is 2.25. The highest BCUT2D eigenvalue weighted by molar-refractivity contribution is 7.89. The molecule has 0 saturated heterocycles. The van der Waals surface area contributed by atoms with Crippen molar-refractivity contribution >= 4 is 27.5 Å².